The van der Waals surface area contributed by atoms with Crippen molar-refractivity contribution in [3.05, 3.63) is 12.1 Å². The fourth-order valence-electron chi connectivity index (χ4n) is 1.38. The summed E-state index contributed by atoms with van der Waals surface area (Å²) in [6, 6.07) is 3.37. The third-order valence-corrected chi connectivity index (χ3v) is 2.84. The normalized spacial score (nSPS) is 10.6. The first-order valence-electron chi connectivity index (χ1n) is 5.28. The molecule has 0 fully saturated rings. The lowest BCUT2D eigenvalue weighted by Crippen LogP contribution is -2.12. The van der Waals surface area contributed by atoms with Crippen LogP contribution in [0.1, 0.15) is 0 Å². The maximum absolute atomic E-state index is 8.62. The molecule has 0 radical (unpaired) electrons. The summed E-state index contributed by atoms with van der Waals surface area (Å²) in [6.45, 7) is 0. The zero-order chi connectivity index (χ0) is 14.3. The van der Waals surface area contributed by atoms with Crippen LogP contribution in [0, 0.1) is 11.5 Å². The average Bonchev–Trinajstić information content (AvgIpc) is 2.45. The molecule has 0 aliphatic heterocycles. The minimum absolute atomic E-state index is 0.466. The van der Waals surface area contributed by atoms with Gasteiger partial charge in [-0.15, -0.1) is 0 Å². The van der Waals surface area contributed by atoms with E-state index in [4.69, 9.17) is 19.5 Å². The number of thioether (sulfide) groups is 1. The van der Waals surface area contributed by atoms with Crippen LogP contribution >= 0.6 is 11.8 Å². The Kier molecular flexibility index (Phi) is 5.82. The summed E-state index contributed by atoms with van der Waals surface area (Å²) in [5, 5.41) is 11.6. The number of benzene rings is 1. The lowest BCUT2D eigenvalue weighted by Gasteiger charge is -2.12. The topological polar surface area (TPSA) is 75.9 Å². The van der Waals surface area contributed by atoms with Gasteiger partial charge in [-0.1, -0.05) is 11.8 Å². The van der Waals surface area contributed by atoms with Crippen LogP contribution < -0.4 is 19.5 Å². The van der Waals surface area contributed by atoms with Crippen LogP contribution in [-0.4, -0.2) is 32.8 Å². The first-order chi connectivity index (χ1) is 9.19. The number of hydrogen-bond acceptors (Lipinski definition) is 6. The van der Waals surface area contributed by atoms with Crippen LogP contribution in [0.2, 0.25) is 0 Å². The first kappa shape index (κ1) is 15.0. The predicted octanol–water partition coefficient (Wildman–Crippen LogP) is 2.13. The van der Waals surface area contributed by atoms with Crippen molar-refractivity contribution < 1.29 is 14.2 Å². The maximum atomic E-state index is 8.62. The molecule has 1 aromatic rings. The van der Waals surface area contributed by atoms with Crippen LogP contribution in [-0.2, 0) is 0 Å². The van der Waals surface area contributed by atoms with Gasteiger partial charge in [0, 0.05) is 12.1 Å². The maximum Gasteiger partial charge on any atom is 0.183 e. The van der Waals surface area contributed by atoms with Gasteiger partial charge in [0.25, 0.3) is 0 Å². The Labute approximate surface area is 116 Å². The summed E-state index contributed by atoms with van der Waals surface area (Å²) in [5.41, 5.74) is 0.548. The summed E-state index contributed by atoms with van der Waals surface area (Å²) < 4.78 is 15.6. The van der Waals surface area contributed by atoms with E-state index in [0.29, 0.717) is 28.1 Å². The van der Waals surface area contributed by atoms with Gasteiger partial charge in [0.15, 0.2) is 22.9 Å². The number of ether oxygens (including phenoxy) is 3. The minimum atomic E-state index is 0.466. The second-order valence-corrected chi connectivity index (χ2v) is 4.03. The highest BCUT2D eigenvalue weighted by Crippen LogP contribution is 2.39. The summed E-state index contributed by atoms with van der Waals surface area (Å²) in [7, 11) is 4.63. The smallest absolute Gasteiger partial charge is 0.183 e. The van der Waals surface area contributed by atoms with E-state index in [-0.39, 0.29) is 0 Å². The lowest BCUT2D eigenvalue weighted by atomic mass is 10.2. The van der Waals surface area contributed by atoms with Gasteiger partial charge < -0.3 is 14.2 Å². The quantitative estimate of drug-likeness (QED) is 0.394. The number of methoxy groups -OCH3 is 3. The van der Waals surface area contributed by atoms with Gasteiger partial charge in [0.05, 0.1) is 21.3 Å². The predicted molar refractivity (Wildman–Crippen MR) is 75.5 cm³/mol. The Hall–Kier alpha value is -2.07. The molecule has 7 heteroatoms. The second-order valence-electron chi connectivity index (χ2n) is 3.24. The Morgan fingerprint density at radius 1 is 1.16 bits per heavy atom. The minimum Gasteiger partial charge on any atom is -0.494 e. The number of nitrogens with zero attached hydrogens (tertiary/aromatic N) is 2. The van der Waals surface area contributed by atoms with Crippen LogP contribution in [0.15, 0.2) is 17.1 Å². The zero-order valence-corrected chi connectivity index (χ0v) is 12.0. The summed E-state index contributed by atoms with van der Waals surface area (Å²) >= 11 is 1.32. The highest BCUT2D eigenvalue weighted by atomic mass is 32.2. The molecule has 0 amide bonds. The largest absolute Gasteiger partial charge is 0.494 e. The van der Waals surface area contributed by atoms with Gasteiger partial charge >= 0.3 is 0 Å². The van der Waals surface area contributed by atoms with Crippen molar-refractivity contribution in [1.82, 2.24) is 5.32 Å². The average molecular weight is 281 g/mol. The van der Waals surface area contributed by atoms with E-state index in [0.717, 1.165) is 0 Å². The summed E-state index contributed by atoms with van der Waals surface area (Å²) in [6.07, 6.45) is 3.65. The zero-order valence-electron chi connectivity index (χ0n) is 11.2. The Morgan fingerprint density at radius 3 is 2.21 bits per heavy atom. The van der Waals surface area contributed by atoms with Gasteiger partial charge in [0.2, 0.25) is 0 Å². The Balaban J connectivity index is 3.29. The van der Waals surface area contributed by atoms with Gasteiger partial charge in [-0.05, 0) is 6.26 Å². The Bertz CT molecular complexity index is 512. The van der Waals surface area contributed by atoms with E-state index in [1.165, 1.54) is 18.9 Å². The SMILES string of the molecule is COc1cc(OC)c(OC)cc1N=C(NC#N)SC. The number of nitrogens with one attached hydrogen (secondary N) is 1. The van der Waals surface area contributed by atoms with E-state index in [1.807, 2.05) is 12.4 Å². The fraction of sp³-hybridized carbons (Fsp3) is 0.333. The molecular formula is C12H15N3O3S. The van der Waals surface area contributed by atoms with E-state index in [2.05, 4.69) is 10.3 Å². The van der Waals surface area contributed by atoms with Crippen molar-refractivity contribution >= 4 is 22.6 Å². The monoisotopic (exact) mass is 281 g/mol. The molecule has 1 rings (SSSR count). The van der Waals surface area contributed by atoms with Crippen molar-refractivity contribution in [2.24, 2.45) is 4.99 Å². The van der Waals surface area contributed by atoms with Crippen molar-refractivity contribution in [3.63, 3.8) is 0 Å². The molecule has 0 aromatic heterocycles. The highest BCUT2D eigenvalue weighted by Gasteiger charge is 2.12. The molecule has 0 unspecified atom stereocenters. The van der Waals surface area contributed by atoms with E-state index in [1.54, 1.807) is 26.4 Å². The molecule has 102 valence electrons. The van der Waals surface area contributed by atoms with Crippen LogP contribution in [0.3, 0.4) is 0 Å². The molecule has 0 aliphatic carbocycles. The van der Waals surface area contributed by atoms with E-state index < -0.39 is 0 Å². The molecule has 19 heavy (non-hydrogen) atoms. The number of nitriles is 1. The summed E-state index contributed by atoms with van der Waals surface area (Å²) in [4.78, 5) is 4.31. The molecule has 0 heterocycles. The first-order valence-corrected chi connectivity index (χ1v) is 6.50. The fourth-order valence-corrected chi connectivity index (χ4v) is 1.72. The molecule has 0 saturated carbocycles. The Morgan fingerprint density at radius 2 is 1.74 bits per heavy atom. The van der Waals surface area contributed by atoms with Crippen LogP contribution in [0.25, 0.3) is 0 Å². The molecule has 0 saturated heterocycles. The van der Waals surface area contributed by atoms with Crippen molar-refractivity contribution in [1.29, 1.82) is 5.26 Å². The highest BCUT2D eigenvalue weighted by molar-refractivity contribution is 8.13. The van der Waals surface area contributed by atoms with Gasteiger partial charge in [0.1, 0.15) is 11.4 Å². The van der Waals surface area contributed by atoms with Crippen LogP contribution in [0.5, 0.6) is 17.2 Å². The molecule has 6 nitrogen and oxygen atoms in total. The molecule has 1 aromatic carbocycles. The van der Waals surface area contributed by atoms with Crippen molar-refractivity contribution in [2.75, 3.05) is 27.6 Å². The lowest BCUT2D eigenvalue weighted by molar-refractivity contribution is 0.349. The molecule has 0 atom stereocenters. The third kappa shape index (κ3) is 3.69. The van der Waals surface area contributed by atoms with Crippen molar-refractivity contribution in [2.45, 2.75) is 0 Å². The number of hydrogen-bond donors (Lipinski definition) is 1. The van der Waals surface area contributed by atoms with Crippen molar-refractivity contribution in [3.8, 4) is 23.4 Å². The van der Waals surface area contributed by atoms with Gasteiger partial charge in [-0.2, -0.15) is 5.26 Å². The number of amidine groups is 1. The standard InChI is InChI=1S/C12H15N3O3S/c1-16-9-6-11(18-3)10(17-2)5-8(9)15-12(19-4)14-7-13/h5-6H,1-4H3,(H,14,15). The molecule has 0 bridgehead atoms. The van der Waals surface area contributed by atoms with Crippen LogP contribution in [0.4, 0.5) is 5.69 Å². The third-order valence-electron chi connectivity index (χ3n) is 2.26. The van der Waals surface area contributed by atoms with Gasteiger partial charge in [-0.3, -0.25) is 5.32 Å². The summed E-state index contributed by atoms with van der Waals surface area (Å²) in [5.74, 6) is 1.63. The molecule has 1 N–H and O–H groups in total. The molecule has 0 spiro atoms. The second kappa shape index (κ2) is 7.38. The number of aliphatic imine (C=N–C) groups is 1. The molecule has 0 aliphatic rings. The number of rotatable bonds is 4. The van der Waals surface area contributed by atoms with E-state index >= 15 is 0 Å². The van der Waals surface area contributed by atoms with E-state index in [9.17, 15) is 0 Å². The molecular weight excluding hydrogens is 266 g/mol. The van der Waals surface area contributed by atoms with Gasteiger partial charge in [-0.25, -0.2) is 4.99 Å².